The van der Waals surface area contributed by atoms with Crippen molar-refractivity contribution >= 4 is 40.5 Å². The number of ether oxygens (including phenoxy) is 1. The summed E-state index contributed by atoms with van der Waals surface area (Å²) in [6, 6.07) is 19.2. The van der Waals surface area contributed by atoms with Crippen molar-refractivity contribution in [1.82, 2.24) is 0 Å². The predicted octanol–water partition coefficient (Wildman–Crippen LogP) is 6.24. The summed E-state index contributed by atoms with van der Waals surface area (Å²) in [5.41, 5.74) is 4.90. The third kappa shape index (κ3) is 6.14. The number of nitrogens with one attached hydrogen (secondary N) is 2. The summed E-state index contributed by atoms with van der Waals surface area (Å²) < 4.78 is 5.57. The molecule has 0 unspecified atom stereocenters. The van der Waals surface area contributed by atoms with Gasteiger partial charge in [-0.25, -0.2) is 0 Å². The van der Waals surface area contributed by atoms with Gasteiger partial charge in [0.05, 0.1) is 10.0 Å². The second-order valence-electron chi connectivity index (χ2n) is 6.81. The van der Waals surface area contributed by atoms with Crippen LogP contribution in [0.25, 0.3) is 0 Å². The fraction of sp³-hybridized carbons (Fsp3) is 0.174. The Kier molecular flexibility index (Phi) is 7.02. The van der Waals surface area contributed by atoms with Gasteiger partial charge in [-0.1, -0.05) is 53.0 Å². The van der Waals surface area contributed by atoms with Gasteiger partial charge in [0.25, 0.3) is 5.91 Å². The van der Waals surface area contributed by atoms with Gasteiger partial charge in [0, 0.05) is 17.9 Å². The van der Waals surface area contributed by atoms with Crippen molar-refractivity contribution < 1.29 is 9.53 Å². The number of rotatable bonds is 7. The van der Waals surface area contributed by atoms with Gasteiger partial charge in [-0.05, 0) is 61.4 Å². The number of hydrogen-bond donors (Lipinski definition) is 2. The molecule has 0 aliphatic rings. The van der Waals surface area contributed by atoms with Gasteiger partial charge in [-0.3, -0.25) is 4.79 Å². The predicted molar refractivity (Wildman–Crippen MR) is 120 cm³/mol. The number of halogens is 2. The molecule has 0 aromatic heterocycles. The molecule has 0 aliphatic carbocycles. The average Bonchev–Trinajstić information content (AvgIpc) is 2.67. The Morgan fingerprint density at radius 1 is 0.897 bits per heavy atom. The van der Waals surface area contributed by atoms with Gasteiger partial charge in [0.15, 0.2) is 12.4 Å². The third-order valence-corrected chi connectivity index (χ3v) is 4.82. The first-order valence-electron chi connectivity index (χ1n) is 9.18. The van der Waals surface area contributed by atoms with Crippen LogP contribution in [0.1, 0.15) is 16.7 Å². The first kappa shape index (κ1) is 21.0. The molecular formula is C23H22Cl2N2O2. The van der Waals surface area contributed by atoms with E-state index in [9.17, 15) is 4.79 Å². The lowest BCUT2D eigenvalue weighted by molar-refractivity contribution is -0.118. The Bertz CT molecular complexity index is 981. The van der Waals surface area contributed by atoms with Crippen LogP contribution >= 0.6 is 23.2 Å². The Balaban J connectivity index is 1.58. The summed E-state index contributed by atoms with van der Waals surface area (Å²) >= 11 is 12.7. The lowest BCUT2D eigenvalue weighted by atomic mass is 10.2. The van der Waals surface area contributed by atoms with Crippen LogP contribution in [0.15, 0.2) is 60.7 Å². The third-order valence-electron chi connectivity index (χ3n) is 4.26. The summed E-state index contributed by atoms with van der Waals surface area (Å²) in [4.78, 5) is 12.1. The fourth-order valence-electron chi connectivity index (χ4n) is 2.79. The standard InChI is InChI=1S/C23H22Cl2N2O2/c1-15-6-8-18(9-7-15)26-13-17-11-20(24)23(21(25)12-17)29-14-22(28)27-19-5-3-4-16(2)10-19/h3-12,26H,13-14H2,1-2H3,(H,27,28). The minimum atomic E-state index is -0.284. The zero-order chi connectivity index (χ0) is 20.8. The van der Waals surface area contributed by atoms with Crippen molar-refractivity contribution in [3.8, 4) is 5.75 Å². The minimum Gasteiger partial charge on any atom is -0.481 e. The highest BCUT2D eigenvalue weighted by molar-refractivity contribution is 6.37. The van der Waals surface area contributed by atoms with E-state index in [4.69, 9.17) is 27.9 Å². The zero-order valence-electron chi connectivity index (χ0n) is 16.3. The molecule has 4 nitrogen and oxygen atoms in total. The van der Waals surface area contributed by atoms with Gasteiger partial charge in [0.2, 0.25) is 0 Å². The molecule has 3 aromatic carbocycles. The van der Waals surface area contributed by atoms with Crippen LogP contribution in [-0.2, 0) is 11.3 Å². The van der Waals surface area contributed by atoms with Crippen LogP contribution in [0.5, 0.6) is 5.75 Å². The molecule has 3 rings (SSSR count). The van der Waals surface area contributed by atoms with Crippen molar-refractivity contribution in [2.45, 2.75) is 20.4 Å². The second kappa shape index (κ2) is 9.68. The largest absolute Gasteiger partial charge is 0.481 e. The maximum atomic E-state index is 12.1. The van der Waals surface area contributed by atoms with E-state index in [0.717, 1.165) is 16.8 Å². The SMILES string of the molecule is Cc1ccc(NCc2cc(Cl)c(OCC(=O)Nc3cccc(C)c3)c(Cl)c2)cc1. The van der Waals surface area contributed by atoms with E-state index in [2.05, 4.69) is 10.6 Å². The summed E-state index contributed by atoms with van der Waals surface area (Å²) in [6.45, 7) is 4.38. The Morgan fingerprint density at radius 2 is 1.59 bits per heavy atom. The first-order chi connectivity index (χ1) is 13.9. The van der Waals surface area contributed by atoms with Gasteiger partial charge in [-0.15, -0.1) is 0 Å². The normalized spacial score (nSPS) is 10.5. The highest BCUT2D eigenvalue weighted by atomic mass is 35.5. The highest BCUT2D eigenvalue weighted by Gasteiger charge is 2.12. The van der Waals surface area contributed by atoms with E-state index in [-0.39, 0.29) is 12.5 Å². The van der Waals surface area contributed by atoms with E-state index >= 15 is 0 Å². The number of carbonyl (C=O) groups excluding carboxylic acids is 1. The lowest BCUT2D eigenvalue weighted by Gasteiger charge is -2.13. The molecule has 1 amide bonds. The zero-order valence-corrected chi connectivity index (χ0v) is 17.8. The quantitative estimate of drug-likeness (QED) is 0.468. The highest BCUT2D eigenvalue weighted by Crippen LogP contribution is 2.34. The van der Waals surface area contributed by atoms with Gasteiger partial charge in [-0.2, -0.15) is 0 Å². The number of aryl methyl sites for hydroxylation is 2. The van der Waals surface area contributed by atoms with Crippen LogP contribution in [0.2, 0.25) is 10.0 Å². The topological polar surface area (TPSA) is 50.4 Å². The van der Waals surface area contributed by atoms with Crippen LogP contribution < -0.4 is 15.4 Å². The van der Waals surface area contributed by atoms with E-state index in [1.807, 2.05) is 62.4 Å². The molecule has 0 aliphatic heterocycles. The van der Waals surface area contributed by atoms with E-state index in [0.29, 0.717) is 28.0 Å². The molecule has 0 radical (unpaired) electrons. The summed E-state index contributed by atoms with van der Waals surface area (Å²) in [6.07, 6.45) is 0. The Hall–Kier alpha value is -2.69. The van der Waals surface area contributed by atoms with Crippen LogP contribution in [0, 0.1) is 13.8 Å². The second-order valence-corrected chi connectivity index (χ2v) is 7.63. The molecule has 0 heterocycles. The molecule has 0 saturated carbocycles. The van der Waals surface area contributed by atoms with Crippen molar-refractivity contribution in [3.05, 3.63) is 87.4 Å². The molecule has 29 heavy (non-hydrogen) atoms. The van der Waals surface area contributed by atoms with E-state index in [1.54, 1.807) is 12.1 Å². The average molecular weight is 429 g/mol. The van der Waals surface area contributed by atoms with Crippen molar-refractivity contribution in [3.63, 3.8) is 0 Å². The van der Waals surface area contributed by atoms with Crippen LogP contribution in [0.4, 0.5) is 11.4 Å². The smallest absolute Gasteiger partial charge is 0.262 e. The van der Waals surface area contributed by atoms with Crippen molar-refractivity contribution in [2.24, 2.45) is 0 Å². The first-order valence-corrected chi connectivity index (χ1v) is 9.94. The van der Waals surface area contributed by atoms with Gasteiger partial charge >= 0.3 is 0 Å². The van der Waals surface area contributed by atoms with Crippen molar-refractivity contribution in [2.75, 3.05) is 17.2 Å². The molecule has 0 atom stereocenters. The molecule has 0 saturated heterocycles. The molecule has 0 bridgehead atoms. The number of amides is 1. The number of carbonyl (C=O) groups is 1. The Morgan fingerprint density at radius 3 is 2.24 bits per heavy atom. The number of benzene rings is 3. The monoisotopic (exact) mass is 428 g/mol. The molecule has 150 valence electrons. The molecule has 2 N–H and O–H groups in total. The molecule has 0 fully saturated rings. The summed E-state index contributed by atoms with van der Waals surface area (Å²) in [5.74, 6) is 0.0136. The van der Waals surface area contributed by atoms with Gasteiger partial charge in [0.1, 0.15) is 0 Å². The lowest BCUT2D eigenvalue weighted by Crippen LogP contribution is -2.20. The van der Waals surface area contributed by atoms with Gasteiger partial charge < -0.3 is 15.4 Å². The van der Waals surface area contributed by atoms with Crippen LogP contribution in [0.3, 0.4) is 0 Å². The number of anilines is 2. The molecule has 6 heteroatoms. The van der Waals surface area contributed by atoms with E-state index < -0.39 is 0 Å². The Labute approximate surface area is 180 Å². The minimum absolute atomic E-state index is 0.186. The van der Waals surface area contributed by atoms with E-state index in [1.165, 1.54) is 5.56 Å². The summed E-state index contributed by atoms with van der Waals surface area (Å²) in [7, 11) is 0. The maximum absolute atomic E-state index is 12.1. The molecule has 0 spiro atoms. The molecular weight excluding hydrogens is 407 g/mol. The summed E-state index contributed by atoms with van der Waals surface area (Å²) in [5, 5.41) is 6.83. The van der Waals surface area contributed by atoms with Crippen LogP contribution in [-0.4, -0.2) is 12.5 Å². The molecule has 3 aromatic rings. The fourth-order valence-corrected chi connectivity index (χ4v) is 3.43. The maximum Gasteiger partial charge on any atom is 0.262 e. The number of hydrogen-bond acceptors (Lipinski definition) is 3. The van der Waals surface area contributed by atoms with Crippen molar-refractivity contribution in [1.29, 1.82) is 0 Å².